The van der Waals surface area contributed by atoms with Crippen LogP contribution in [0.3, 0.4) is 0 Å². The van der Waals surface area contributed by atoms with E-state index in [1.54, 1.807) is 0 Å². The number of hydrogen-bond donors (Lipinski definition) is 0. The second kappa shape index (κ2) is 9.50. The Morgan fingerprint density at radius 1 is 0.526 bits per heavy atom. The van der Waals surface area contributed by atoms with Gasteiger partial charge in [-0.1, -0.05) is 104 Å². The van der Waals surface area contributed by atoms with Gasteiger partial charge in [0.15, 0.2) is 0 Å². The summed E-state index contributed by atoms with van der Waals surface area (Å²) in [6.07, 6.45) is 0. The molecular formula is C37H32O. The standard InChI is InChI=1S/C35H26O.C2H6/c1-21-11-13-24(14-12-21)25-15-16-27-20-28(18-17-26(27)19-25)33-23(3)22(2)29-8-6-9-31-30-7-4-5-10-32(30)36-35(33)34(29)31;1-2/h4-20H,1-3H3;1-2H3. The fraction of sp³-hybridized carbons (Fsp3) is 0.135. The molecule has 1 aliphatic heterocycles. The molecule has 0 atom stereocenters. The van der Waals surface area contributed by atoms with Gasteiger partial charge < -0.3 is 4.74 Å². The molecule has 0 N–H and O–H groups in total. The Labute approximate surface area is 225 Å². The molecule has 1 nitrogen and oxygen atoms in total. The van der Waals surface area contributed by atoms with E-state index >= 15 is 0 Å². The number of rotatable bonds is 2. The summed E-state index contributed by atoms with van der Waals surface area (Å²) in [5, 5.41) is 4.95. The number of fused-ring (bicyclic) bond motifs is 3. The molecule has 1 heteroatoms. The maximum atomic E-state index is 6.67. The van der Waals surface area contributed by atoms with Crippen molar-refractivity contribution in [2.75, 3.05) is 0 Å². The lowest BCUT2D eigenvalue weighted by atomic mass is 9.85. The van der Waals surface area contributed by atoms with Crippen LogP contribution in [0.4, 0.5) is 0 Å². The van der Waals surface area contributed by atoms with Crippen molar-refractivity contribution in [3.05, 3.63) is 120 Å². The van der Waals surface area contributed by atoms with Gasteiger partial charge in [0.1, 0.15) is 11.5 Å². The van der Waals surface area contributed by atoms with E-state index in [1.807, 2.05) is 19.9 Å². The average molecular weight is 493 g/mol. The molecule has 0 saturated heterocycles. The van der Waals surface area contributed by atoms with Gasteiger partial charge in [0, 0.05) is 16.5 Å². The summed E-state index contributed by atoms with van der Waals surface area (Å²) in [4.78, 5) is 0. The zero-order valence-corrected chi connectivity index (χ0v) is 22.7. The highest BCUT2D eigenvalue weighted by molar-refractivity contribution is 6.10. The van der Waals surface area contributed by atoms with E-state index in [1.165, 1.54) is 66.1 Å². The first-order valence-electron chi connectivity index (χ1n) is 13.5. The van der Waals surface area contributed by atoms with Crippen molar-refractivity contribution in [3.63, 3.8) is 0 Å². The van der Waals surface area contributed by atoms with Gasteiger partial charge in [0.2, 0.25) is 0 Å². The lowest BCUT2D eigenvalue weighted by Crippen LogP contribution is -2.02. The van der Waals surface area contributed by atoms with Crippen LogP contribution in [0, 0.1) is 20.8 Å². The van der Waals surface area contributed by atoms with Crippen LogP contribution in [0.2, 0.25) is 0 Å². The van der Waals surface area contributed by atoms with E-state index in [9.17, 15) is 0 Å². The minimum absolute atomic E-state index is 0.922. The van der Waals surface area contributed by atoms with Crippen molar-refractivity contribution in [1.29, 1.82) is 0 Å². The highest BCUT2D eigenvalue weighted by atomic mass is 16.5. The van der Waals surface area contributed by atoms with E-state index in [-0.39, 0.29) is 0 Å². The molecule has 0 aliphatic carbocycles. The van der Waals surface area contributed by atoms with Crippen LogP contribution in [0.15, 0.2) is 103 Å². The summed E-state index contributed by atoms with van der Waals surface area (Å²) in [6, 6.07) is 37.3. The molecule has 0 bridgehead atoms. The number of aryl methyl sites for hydroxylation is 2. The first-order valence-corrected chi connectivity index (χ1v) is 13.5. The van der Waals surface area contributed by atoms with Crippen molar-refractivity contribution < 1.29 is 4.74 Å². The van der Waals surface area contributed by atoms with E-state index in [2.05, 4.69) is 118 Å². The minimum atomic E-state index is 0.922. The fourth-order valence-corrected chi connectivity index (χ4v) is 5.68. The first-order chi connectivity index (χ1) is 18.6. The number of benzene rings is 6. The Bertz CT molecular complexity index is 1820. The molecule has 7 rings (SSSR count). The summed E-state index contributed by atoms with van der Waals surface area (Å²) in [7, 11) is 0. The summed E-state index contributed by atoms with van der Waals surface area (Å²) in [5.41, 5.74) is 11.1. The minimum Gasteiger partial charge on any atom is -0.455 e. The van der Waals surface area contributed by atoms with Crippen LogP contribution < -0.4 is 4.74 Å². The van der Waals surface area contributed by atoms with Gasteiger partial charge in [-0.05, 0) is 88.5 Å². The van der Waals surface area contributed by atoms with Gasteiger partial charge in [-0.2, -0.15) is 0 Å². The number of ether oxygens (including phenoxy) is 1. The molecule has 0 aromatic heterocycles. The van der Waals surface area contributed by atoms with Gasteiger partial charge in [0.05, 0.1) is 0 Å². The summed E-state index contributed by atoms with van der Waals surface area (Å²) in [5.74, 6) is 1.89. The van der Waals surface area contributed by atoms with Gasteiger partial charge in [-0.25, -0.2) is 0 Å². The molecule has 0 saturated carbocycles. The van der Waals surface area contributed by atoms with Crippen molar-refractivity contribution in [1.82, 2.24) is 0 Å². The largest absolute Gasteiger partial charge is 0.455 e. The normalized spacial score (nSPS) is 11.5. The van der Waals surface area contributed by atoms with Gasteiger partial charge >= 0.3 is 0 Å². The highest BCUT2D eigenvalue weighted by Gasteiger charge is 2.26. The van der Waals surface area contributed by atoms with Crippen molar-refractivity contribution in [3.8, 4) is 44.9 Å². The molecular weight excluding hydrogens is 460 g/mol. The molecule has 0 fully saturated rings. The highest BCUT2D eigenvalue weighted by Crippen LogP contribution is 2.52. The molecule has 38 heavy (non-hydrogen) atoms. The predicted molar refractivity (Wildman–Crippen MR) is 163 cm³/mol. The third kappa shape index (κ3) is 3.78. The summed E-state index contributed by atoms with van der Waals surface area (Å²) >= 11 is 0. The molecule has 186 valence electrons. The third-order valence-corrected chi connectivity index (χ3v) is 7.76. The van der Waals surface area contributed by atoms with Gasteiger partial charge in [-0.15, -0.1) is 0 Å². The number of para-hydroxylation sites is 1. The zero-order valence-electron chi connectivity index (χ0n) is 22.7. The van der Waals surface area contributed by atoms with Crippen molar-refractivity contribution in [2.24, 2.45) is 0 Å². The maximum absolute atomic E-state index is 6.67. The van der Waals surface area contributed by atoms with Crippen molar-refractivity contribution >= 4 is 21.5 Å². The van der Waals surface area contributed by atoms with Crippen LogP contribution in [-0.2, 0) is 0 Å². The van der Waals surface area contributed by atoms with Crippen molar-refractivity contribution in [2.45, 2.75) is 34.6 Å². The lowest BCUT2D eigenvalue weighted by Gasteiger charge is -2.26. The quantitative estimate of drug-likeness (QED) is 0.233. The summed E-state index contributed by atoms with van der Waals surface area (Å²) in [6.45, 7) is 10.6. The van der Waals surface area contributed by atoms with Crippen LogP contribution in [0.5, 0.6) is 11.5 Å². The molecule has 1 heterocycles. The zero-order chi connectivity index (χ0) is 26.4. The van der Waals surface area contributed by atoms with Gasteiger partial charge in [0.25, 0.3) is 0 Å². The third-order valence-electron chi connectivity index (χ3n) is 7.76. The molecule has 6 aromatic rings. The topological polar surface area (TPSA) is 9.23 Å². The fourth-order valence-electron chi connectivity index (χ4n) is 5.68. The predicted octanol–water partition coefficient (Wildman–Crippen LogP) is 11.1. The molecule has 0 unspecified atom stereocenters. The molecule has 0 spiro atoms. The molecule has 0 amide bonds. The Morgan fingerprint density at radius 3 is 1.92 bits per heavy atom. The smallest absolute Gasteiger partial charge is 0.144 e. The average Bonchev–Trinajstić information content (AvgIpc) is 2.97. The summed E-state index contributed by atoms with van der Waals surface area (Å²) < 4.78 is 6.67. The van der Waals surface area contributed by atoms with Crippen LogP contribution in [0.1, 0.15) is 30.5 Å². The Balaban J connectivity index is 0.00000129. The van der Waals surface area contributed by atoms with E-state index in [0.717, 1.165) is 17.1 Å². The van der Waals surface area contributed by atoms with Crippen LogP contribution >= 0.6 is 0 Å². The second-order valence-corrected chi connectivity index (χ2v) is 9.92. The second-order valence-electron chi connectivity index (χ2n) is 9.92. The van der Waals surface area contributed by atoms with Gasteiger partial charge in [-0.3, -0.25) is 0 Å². The lowest BCUT2D eigenvalue weighted by molar-refractivity contribution is 0.488. The Morgan fingerprint density at radius 2 is 1.16 bits per heavy atom. The molecule has 6 aromatic carbocycles. The monoisotopic (exact) mass is 492 g/mol. The SMILES string of the molecule is CC.Cc1ccc(-c2ccc3cc(-c4c(C)c(C)c5cccc6c5c4Oc4ccccc4-6)ccc3c2)cc1. The maximum Gasteiger partial charge on any atom is 0.144 e. The van der Waals surface area contributed by atoms with E-state index < -0.39 is 0 Å². The first kappa shape index (κ1) is 24.0. The molecule has 0 radical (unpaired) electrons. The van der Waals surface area contributed by atoms with E-state index in [0.29, 0.717) is 0 Å². The number of hydrogen-bond acceptors (Lipinski definition) is 1. The van der Waals surface area contributed by atoms with Crippen LogP contribution in [0.25, 0.3) is 54.9 Å². The van der Waals surface area contributed by atoms with E-state index in [4.69, 9.17) is 4.74 Å². The Hall–Kier alpha value is -4.36. The Kier molecular flexibility index (Phi) is 6.00. The molecule has 1 aliphatic rings. The van der Waals surface area contributed by atoms with Crippen LogP contribution in [-0.4, -0.2) is 0 Å².